The minimum Gasteiger partial charge on any atom is -0.368 e. The van der Waals surface area contributed by atoms with Gasteiger partial charge in [0.15, 0.2) is 0 Å². The molecule has 2 heterocycles. The van der Waals surface area contributed by atoms with E-state index in [9.17, 15) is 0 Å². The largest absolute Gasteiger partial charge is 0.368 e. The van der Waals surface area contributed by atoms with E-state index in [-0.39, 0.29) is 17.9 Å². The number of rotatable bonds is 13. The molecule has 0 fully saturated rings. The fourth-order valence-corrected chi connectivity index (χ4v) is 5.76. The molecule has 0 aliphatic carbocycles. The van der Waals surface area contributed by atoms with Gasteiger partial charge < -0.3 is 22.1 Å². The van der Waals surface area contributed by atoms with Crippen molar-refractivity contribution in [2.45, 2.75) is 45.8 Å². The summed E-state index contributed by atoms with van der Waals surface area (Å²) in [5, 5.41) is 6.70. The van der Waals surface area contributed by atoms with Gasteiger partial charge in [-0.1, -0.05) is 111 Å². The van der Waals surface area contributed by atoms with Crippen LogP contribution in [0.1, 0.15) is 53.8 Å². The number of para-hydroxylation sites is 2. The number of hydrogen-bond donors (Lipinski definition) is 4. The van der Waals surface area contributed by atoms with E-state index in [1.54, 1.807) is 0 Å². The summed E-state index contributed by atoms with van der Waals surface area (Å²) in [6, 6.07) is 36.5. The van der Waals surface area contributed by atoms with Gasteiger partial charge in [0.2, 0.25) is 23.8 Å². The molecule has 0 unspecified atom stereocenters. The number of benzene rings is 4. The van der Waals surface area contributed by atoms with Gasteiger partial charge in [0.25, 0.3) is 0 Å². The second kappa shape index (κ2) is 15.1. The molecule has 6 aromatic rings. The van der Waals surface area contributed by atoms with E-state index in [2.05, 4.69) is 85.7 Å². The number of nitrogen functional groups attached to an aromatic ring is 2. The molecule has 6 N–H and O–H groups in total. The molecule has 0 atom stereocenters. The molecule has 242 valence electrons. The van der Waals surface area contributed by atoms with Crippen LogP contribution in [0, 0.1) is 0 Å². The summed E-state index contributed by atoms with van der Waals surface area (Å²) in [6.07, 6.45) is 1.71. The van der Waals surface area contributed by atoms with E-state index < -0.39 is 0 Å². The third-order valence-electron chi connectivity index (χ3n) is 7.97. The standard InChI is InChI=1S/C37H39N11/c1-3-25-15-11-13-21-29(25)40-36-44-31(42-34(38)46-36)23-48(33(27-17-7-5-8-18-27)28-19-9-6-10-20-28)24-32-43-35(39)47-37(45-32)41-30-22-14-12-16-26(30)4-2/h5-22,33H,3-4,23-24H2,1-2H3,(H3,38,40,42,44,46)(H3,39,41,43,45,47). The maximum Gasteiger partial charge on any atom is 0.232 e. The van der Waals surface area contributed by atoms with Crippen molar-refractivity contribution >= 4 is 35.2 Å². The zero-order chi connectivity index (χ0) is 33.3. The van der Waals surface area contributed by atoms with Crippen molar-refractivity contribution in [1.82, 2.24) is 34.8 Å². The molecule has 0 aliphatic heterocycles. The molecule has 0 saturated heterocycles. The van der Waals surface area contributed by atoms with Crippen LogP contribution in [-0.4, -0.2) is 34.8 Å². The van der Waals surface area contributed by atoms with Gasteiger partial charge in [0.1, 0.15) is 11.6 Å². The predicted octanol–water partition coefficient (Wildman–Crippen LogP) is 6.62. The number of nitrogens with zero attached hydrogens (tertiary/aromatic N) is 7. The molecule has 0 aliphatic rings. The van der Waals surface area contributed by atoms with Gasteiger partial charge in [-0.05, 0) is 47.2 Å². The van der Waals surface area contributed by atoms with Gasteiger partial charge in [-0.2, -0.15) is 29.9 Å². The summed E-state index contributed by atoms with van der Waals surface area (Å²) in [6.45, 7) is 4.82. The Hall–Kier alpha value is -5.94. The Labute approximate surface area is 280 Å². The van der Waals surface area contributed by atoms with Crippen LogP contribution in [0.4, 0.5) is 35.2 Å². The Morgan fingerprint density at radius 2 is 0.917 bits per heavy atom. The minimum absolute atomic E-state index is 0.123. The Morgan fingerprint density at radius 3 is 1.33 bits per heavy atom. The highest BCUT2D eigenvalue weighted by Gasteiger charge is 2.26. The summed E-state index contributed by atoms with van der Waals surface area (Å²) in [7, 11) is 0. The maximum absolute atomic E-state index is 6.27. The molecule has 0 bridgehead atoms. The van der Waals surface area contributed by atoms with Crippen molar-refractivity contribution in [3.63, 3.8) is 0 Å². The minimum atomic E-state index is -0.210. The SMILES string of the molecule is CCc1ccccc1Nc1nc(N)nc(CN(Cc2nc(N)nc(Nc3ccccc3CC)n2)C(c2ccccc2)c2ccccc2)n1. The normalized spacial score (nSPS) is 11.2. The van der Waals surface area contributed by atoms with Gasteiger partial charge in [-0.25, -0.2) is 0 Å². The topological polar surface area (TPSA) is 157 Å². The number of aryl methyl sites for hydroxylation is 2. The molecule has 0 radical (unpaired) electrons. The van der Waals surface area contributed by atoms with Gasteiger partial charge in [-0.15, -0.1) is 0 Å². The van der Waals surface area contributed by atoms with E-state index in [0.29, 0.717) is 36.6 Å². The Kier molecular flexibility index (Phi) is 10.1. The van der Waals surface area contributed by atoms with Crippen molar-refractivity contribution < 1.29 is 0 Å². The summed E-state index contributed by atoms with van der Waals surface area (Å²) >= 11 is 0. The molecule has 48 heavy (non-hydrogen) atoms. The lowest BCUT2D eigenvalue weighted by atomic mass is 9.97. The Morgan fingerprint density at radius 1 is 0.521 bits per heavy atom. The van der Waals surface area contributed by atoms with Gasteiger partial charge in [-0.3, -0.25) is 4.90 Å². The molecule has 0 amide bonds. The lowest BCUT2D eigenvalue weighted by Crippen LogP contribution is -2.31. The molecule has 0 spiro atoms. The highest BCUT2D eigenvalue weighted by molar-refractivity contribution is 5.60. The number of nitrogens with two attached hydrogens (primary N) is 2. The fourth-order valence-electron chi connectivity index (χ4n) is 5.76. The van der Waals surface area contributed by atoms with Crippen molar-refractivity contribution in [2.24, 2.45) is 0 Å². The van der Waals surface area contributed by atoms with Gasteiger partial charge in [0, 0.05) is 11.4 Å². The smallest absolute Gasteiger partial charge is 0.232 e. The summed E-state index contributed by atoms with van der Waals surface area (Å²) in [5.41, 5.74) is 18.8. The van der Waals surface area contributed by atoms with E-state index in [1.165, 1.54) is 0 Å². The van der Waals surface area contributed by atoms with Crippen LogP contribution in [0.3, 0.4) is 0 Å². The first kappa shape index (κ1) is 32.0. The highest BCUT2D eigenvalue weighted by atomic mass is 15.3. The average molecular weight is 638 g/mol. The highest BCUT2D eigenvalue weighted by Crippen LogP contribution is 2.31. The molecule has 2 aromatic heterocycles. The van der Waals surface area contributed by atoms with Crippen LogP contribution in [0.25, 0.3) is 0 Å². The summed E-state index contributed by atoms with van der Waals surface area (Å²) in [4.78, 5) is 29.8. The third-order valence-corrected chi connectivity index (χ3v) is 7.97. The van der Waals surface area contributed by atoms with E-state index in [1.807, 2.05) is 72.8 Å². The lowest BCUT2D eigenvalue weighted by molar-refractivity contribution is 0.196. The maximum atomic E-state index is 6.27. The average Bonchev–Trinajstić information content (AvgIpc) is 3.09. The van der Waals surface area contributed by atoms with Gasteiger partial charge in [0.05, 0.1) is 19.1 Å². The zero-order valence-electron chi connectivity index (χ0n) is 27.1. The Bertz CT molecular complexity index is 1810. The molecular weight excluding hydrogens is 598 g/mol. The summed E-state index contributed by atoms with van der Waals surface area (Å²) in [5.74, 6) is 1.98. The zero-order valence-corrected chi connectivity index (χ0v) is 27.1. The molecular formula is C37H39N11. The molecule has 11 heteroatoms. The second-order valence-corrected chi connectivity index (χ2v) is 11.3. The lowest BCUT2D eigenvalue weighted by Gasteiger charge is -2.31. The van der Waals surface area contributed by atoms with E-state index in [4.69, 9.17) is 21.4 Å². The first-order chi connectivity index (χ1) is 23.5. The van der Waals surface area contributed by atoms with Crippen molar-refractivity contribution in [3.05, 3.63) is 143 Å². The number of anilines is 6. The van der Waals surface area contributed by atoms with Crippen LogP contribution in [0.5, 0.6) is 0 Å². The monoisotopic (exact) mass is 637 g/mol. The molecule has 4 aromatic carbocycles. The predicted molar refractivity (Wildman–Crippen MR) is 191 cm³/mol. The number of hydrogen-bond acceptors (Lipinski definition) is 11. The second-order valence-electron chi connectivity index (χ2n) is 11.3. The number of nitrogens with one attached hydrogen (secondary N) is 2. The van der Waals surface area contributed by atoms with Crippen molar-refractivity contribution in [1.29, 1.82) is 0 Å². The first-order valence-corrected chi connectivity index (χ1v) is 16.0. The molecule has 6 rings (SSSR count). The fraction of sp³-hybridized carbons (Fsp3) is 0.189. The number of aromatic nitrogens is 6. The van der Waals surface area contributed by atoms with Crippen LogP contribution < -0.4 is 22.1 Å². The van der Waals surface area contributed by atoms with Crippen molar-refractivity contribution in [2.75, 3.05) is 22.1 Å². The van der Waals surface area contributed by atoms with E-state index >= 15 is 0 Å². The van der Waals surface area contributed by atoms with Crippen LogP contribution in [-0.2, 0) is 25.9 Å². The van der Waals surface area contributed by atoms with Crippen LogP contribution in [0.2, 0.25) is 0 Å². The summed E-state index contributed by atoms with van der Waals surface area (Å²) < 4.78 is 0. The Balaban J connectivity index is 1.39. The van der Waals surface area contributed by atoms with Crippen LogP contribution in [0.15, 0.2) is 109 Å². The molecule has 11 nitrogen and oxygen atoms in total. The van der Waals surface area contributed by atoms with Crippen LogP contribution >= 0.6 is 0 Å². The van der Waals surface area contributed by atoms with Gasteiger partial charge >= 0.3 is 0 Å². The van der Waals surface area contributed by atoms with Crippen molar-refractivity contribution in [3.8, 4) is 0 Å². The van der Waals surface area contributed by atoms with E-state index in [0.717, 1.165) is 46.5 Å². The quantitative estimate of drug-likeness (QED) is 0.108. The first-order valence-electron chi connectivity index (χ1n) is 16.0. The third kappa shape index (κ3) is 7.88. The molecule has 0 saturated carbocycles.